The van der Waals surface area contributed by atoms with E-state index in [0.29, 0.717) is 12.3 Å². The van der Waals surface area contributed by atoms with Crippen LogP contribution in [0.15, 0.2) is 72.8 Å². The number of pyridine rings is 1. The number of carbonyl (C=O) groups excluding carboxylic acids is 2. The number of hydrogen-bond acceptors (Lipinski definition) is 4. The first-order valence-electron chi connectivity index (χ1n) is 9.44. The predicted octanol–water partition coefficient (Wildman–Crippen LogP) is 4.22. The number of nitrogens with one attached hydrogen (secondary N) is 2. The Balaban J connectivity index is 1.66. The number of hydrogen-bond donors (Lipinski definition) is 2. The monoisotopic (exact) mass is 389 g/mol. The molecular weight excluding hydrogens is 366 g/mol. The van der Waals surface area contributed by atoms with E-state index < -0.39 is 0 Å². The van der Waals surface area contributed by atoms with Gasteiger partial charge in [0.2, 0.25) is 0 Å². The van der Waals surface area contributed by atoms with Gasteiger partial charge in [0.05, 0.1) is 12.6 Å². The second-order valence-corrected chi connectivity index (χ2v) is 6.43. The van der Waals surface area contributed by atoms with Crippen molar-refractivity contribution in [1.29, 1.82) is 0 Å². The van der Waals surface area contributed by atoms with Crippen LogP contribution in [0.5, 0.6) is 5.75 Å². The van der Waals surface area contributed by atoms with Gasteiger partial charge < -0.3 is 15.4 Å². The SMILES string of the molecule is CCOc1ccc(NC(=O)c2cccc(C(=O)NC(C)c3ccccc3)n2)cc1. The van der Waals surface area contributed by atoms with E-state index >= 15 is 0 Å². The van der Waals surface area contributed by atoms with Crippen molar-refractivity contribution >= 4 is 17.5 Å². The number of anilines is 1. The number of ether oxygens (including phenoxy) is 1. The fourth-order valence-corrected chi connectivity index (χ4v) is 2.78. The molecular formula is C23H23N3O3. The van der Waals surface area contributed by atoms with E-state index in [9.17, 15) is 9.59 Å². The van der Waals surface area contributed by atoms with E-state index in [2.05, 4.69) is 15.6 Å². The van der Waals surface area contributed by atoms with Crippen LogP contribution in [0.2, 0.25) is 0 Å². The largest absolute Gasteiger partial charge is 0.494 e. The lowest BCUT2D eigenvalue weighted by atomic mass is 10.1. The van der Waals surface area contributed by atoms with Crippen molar-refractivity contribution < 1.29 is 14.3 Å². The predicted molar refractivity (Wildman–Crippen MR) is 112 cm³/mol. The lowest BCUT2D eigenvalue weighted by molar-refractivity contribution is 0.0934. The number of nitrogens with zero attached hydrogens (tertiary/aromatic N) is 1. The van der Waals surface area contributed by atoms with Gasteiger partial charge in [-0.15, -0.1) is 0 Å². The first-order chi connectivity index (χ1) is 14.1. The van der Waals surface area contributed by atoms with Gasteiger partial charge in [-0.05, 0) is 55.8 Å². The molecule has 1 unspecified atom stereocenters. The minimum Gasteiger partial charge on any atom is -0.494 e. The number of benzene rings is 2. The number of rotatable bonds is 7. The smallest absolute Gasteiger partial charge is 0.274 e. The van der Waals surface area contributed by atoms with Crippen LogP contribution >= 0.6 is 0 Å². The van der Waals surface area contributed by atoms with E-state index in [1.165, 1.54) is 0 Å². The van der Waals surface area contributed by atoms with Gasteiger partial charge >= 0.3 is 0 Å². The lowest BCUT2D eigenvalue weighted by Gasteiger charge is -2.14. The minimum atomic E-state index is -0.389. The fraction of sp³-hybridized carbons (Fsp3) is 0.174. The molecule has 0 fully saturated rings. The Morgan fingerprint density at radius 3 is 2.21 bits per heavy atom. The average Bonchev–Trinajstić information content (AvgIpc) is 2.76. The molecule has 2 N–H and O–H groups in total. The Kier molecular flexibility index (Phi) is 6.58. The summed E-state index contributed by atoms with van der Waals surface area (Å²) in [6, 6.07) is 21.3. The molecule has 3 rings (SSSR count). The highest BCUT2D eigenvalue weighted by Crippen LogP contribution is 2.16. The summed E-state index contributed by atoms with van der Waals surface area (Å²) in [6.45, 7) is 4.38. The van der Waals surface area contributed by atoms with Crippen molar-refractivity contribution in [3.05, 3.63) is 89.7 Å². The summed E-state index contributed by atoms with van der Waals surface area (Å²) < 4.78 is 5.39. The van der Waals surface area contributed by atoms with E-state index in [-0.39, 0.29) is 29.2 Å². The van der Waals surface area contributed by atoms with Crippen molar-refractivity contribution in [2.75, 3.05) is 11.9 Å². The van der Waals surface area contributed by atoms with Gasteiger partial charge in [-0.25, -0.2) is 4.98 Å². The summed E-state index contributed by atoms with van der Waals surface area (Å²) in [5.41, 5.74) is 1.96. The van der Waals surface area contributed by atoms with Crippen LogP contribution in [-0.4, -0.2) is 23.4 Å². The van der Waals surface area contributed by atoms with Crippen LogP contribution in [0.25, 0.3) is 0 Å². The molecule has 0 aliphatic carbocycles. The normalized spacial score (nSPS) is 11.4. The maximum Gasteiger partial charge on any atom is 0.274 e. The molecule has 0 spiro atoms. The molecule has 0 saturated heterocycles. The molecule has 0 aliphatic heterocycles. The highest BCUT2D eigenvalue weighted by atomic mass is 16.5. The van der Waals surface area contributed by atoms with Gasteiger partial charge in [0, 0.05) is 5.69 Å². The molecule has 148 valence electrons. The first-order valence-corrected chi connectivity index (χ1v) is 9.44. The van der Waals surface area contributed by atoms with Gasteiger partial charge in [0.25, 0.3) is 11.8 Å². The Morgan fingerprint density at radius 2 is 1.55 bits per heavy atom. The quantitative estimate of drug-likeness (QED) is 0.634. The minimum absolute atomic E-state index is 0.166. The number of amides is 2. The van der Waals surface area contributed by atoms with Gasteiger partial charge in [-0.2, -0.15) is 0 Å². The molecule has 0 saturated carbocycles. The zero-order valence-electron chi connectivity index (χ0n) is 16.4. The molecule has 29 heavy (non-hydrogen) atoms. The van der Waals surface area contributed by atoms with Crippen molar-refractivity contribution in [2.45, 2.75) is 19.9 Å². The second-order valence-electron chi connectivity index (χ2n) is 6.43. The topological polar surface area (TPSA) is 80.3 Å². The summed E-state index contributed by atoms with van der Waals surface area (Å²) in [7, 11) is 0. The van der Waals surface area contributed by atoms with E-state index in [4.69, 9.17) is 4.74 Å². The molecule has 1 heterocycles. The van der Waals surface area contributed by atoms with E-state index in [1.807, 2.05) is 44.2 Å². The van der Waals surface area contributed by atoms with Crippen molar-refractivity contribution in [2.24, 2.45) is 0 Å². The molecule has 2 aromatic carbocycles. The standard InChI is InChI=1S/C23H23N3O3/c1-3-29-19-14-12-18(13-15-19)25-23(28)21-11-7-10-20(26-21)22(27)24-16(2)17-8-5-4-6-9-17/h4-16H,3H2,1-2H3,(H,24,27)(H,25,28). The third-order valence-corrected chi connectivity index (χ3v) is 4.28. The van der Waals surface area contributed by atoms with E-state index in [0.717, 1.165) is 11.3 Å². The fourth-order valence-electron chi connectivity index (χ4n) is 2.78. The first kappa shape index (κ1) is 20.1. The average molecular weight is 389 g/mol. The third-order valence-electron chi connectivity index (χ3n) is 4.28. The van der Waals surface area contributed by atoms with E-state index in [1.54, 1.807) is 42.5 Å². The molecule has 0 radical (unpaired) electrons. The van der Waals surface area contributed by atoms with Crippen molar-refractivity contribution in [3.8, 4) is 5.75 Å². The summed E-state index contributed by atoms with van der Waals surface area (Å²) >= 11 is 0. The molecule has 0 aliphatic rings. The Morgan fingerprint density at radius 1 is 0.897 bits per heavy atom. The van der Waals surface area contributed by atoms with Gasteiger partial charge in [-0.3, -0.25) is 9.59 Å². The van der Waals surface area contributed by atoms with Crippen LogP contribution in [0.4, 0.5) is 5.69 Å². The molecule has 0 bridgehead atoms. The summed E-state index contributed by atoms with van der Waals surface area (Å²) in [6.07, 6.45) is 0. The molecule has 3 aromatic rings. The van der Waals surface area contributed by atoms with Crippen LogP contribution in [0, 0.1) is 0 Å². The third kappa shape index (κ3) is 5.42. The lowest BCUT2D eigenvalue weighted by Crippen LogP contribution is -2.28. The summed E-state index contributed by atoms with van der Waals surface area (Å²) in [5, 5.41) is 5.67. The highest BCUT2D eigenvalue weighted by molar-refractivity contribution is 6.03. The Labute approximate surface area is 169 Å². The molecule has 6 heteroatoms. The Hall–Kier alpha value is -3.67. The van der Waals surface area contributed by atoms with Gasteiger partial charge in [-0.1, -0.05) is 36.4 Å². The second kappa shape index (κ2) is 9.50. The van der Waals surface area contributed by atoms with Crippen LogP contribution in [-0.2, 0) is 0 Å². The van der Waals surface area contributed by atoms with Crippen molar-refractivity contribution in [1.82, 2.24) is 10.3 Å². The molecule has 1 atom stereocenters. The number of aromatic nitrogens is 1. The maximum atomic E-state index is 12.5. The molecule has 6 nitrogen and oxygen atoms in total. The van der Waals surface area contributed by atoms with Crippen LogP contribution < -0.4 is 15.4 Å². The molecule has 1 aromatic heterocycles. The Bertz CT molecular complexity index is 972. The van der Waals surface area contributed by atoms with Crippen LogP contribution in [0.1, 0.15) is 46.4 Å². The van der Waals surface area contributed by atoms with Gasteiger partial charge in [0.15, 0.2) is 0 Å². The van der Waals surface area contributed by atoms with Crippen LogP contribution in [0.3, 0.4) is 0 Å². The van der Waals surface area contributed by atoms with Gasteiger partial charge in [0.1, 0.15) is 17.1 Å². The summed E-state index contributed by atoms with van der Waals surface area (Å²) in [5.74, 6) is 0.00631. The molecule has 2 amide bonds. The highest BCUT2D eigenvalue weighted by Gasteiger charge is 2.15. The summed E-state index contributed by atoms with van der Waals surface area (Å²) in [4.78, 5) is 29.3. The maximum absolute atomic E-state index is 12.5. The van der Waals surface area contributed by atoms with Crippen molar-refractivity contribution in [3.63, 3.8) is 0 Å². The number of carbonyl (C=O) groups is 2. The zero-order chi connectivity index (χ0) is 20.6. The zero-order valence-corrected chi connectivity index (χ0v) is 16.4.